The summed E-state index contributed by atoms with van der Waals surface area (Å²) in [5.74, 6) is 0.835. The Hall–Kier alpha value is -3.87. The maximum atomic E-state index is 12.1. The fourth-order valence-electron chi connectivity index (χ4n) is 2.67. The number of benzene rings is 2. The normalized spacial score (nSPS) is 12.0. The second-order valence-electron chi connectivity index (χ2n) is 7.04. The number of furan rings is 1. The summed E-state index contributed by atoms with van der Waals surface area (Å²) in [5.41, 5.74) is 3.60. The Morgan fingerprint density at radius 2 is 1.77 bits per heavy atom. The van der Waals surface area contributed by atoms with E-state index in [1.54, 1.807) is 63.2 Å². The molecule has 2 aromatic carbocycles. The van der Waals surface area contributed by atoms with Gasteiger partial charge in [0.05, 0.1) is 17.9 Å². The Balaban J connectivity index is 1.59. The van der Waals surface area contributed by atoms with Crippen LogP contribution in [0.1, 0.15) is 36.9 Å². The van der Waals surface area contributed by atoms with Crippen LogP contribution in [0.4, 0.5) is 0 Å². The van der Waals surface area contributed by atoms with Gasteiger partial charge in [-0.2, -0.15) is 5.10 Å². The summed E-state index contributed by atoms with van der Waals surface area (Å²) in [7, 11) is 0. The van der Waals surface area contributed by atoms with E-state index in [2.05, 4.69) is 10.5 Å². The summed E-state index contributed by atoms with van der Waals surface area (Å²) in [6.45, 7) is 5.24. The summed E-state index contributed by atoms with van der Waals surface area (Å²) >= 11 is 0. The molecular formula is C24H24N2O5. The number of ether oxygens (including phenoxy) is 2. The minimum atomic E-state index is -0.708. The number of esters is 1. The maximum Gasteiger partial charge on any atom is 0.338 e. The third kappa shape index (κ3) is 6.30. The van der Waals surface area contributed by atoms with Gasteiger partial charge in [-0.3, -0.25) is 4.79 Å². The number of hydrazone groups is 1. The summed E-state index contributed by atoms with van der Waals surface area (Å²) in [5, 5.41) is 3.92. The number of hydrogen-bond acceptors (Lipinski definition) is 6. The topological polar surface area (TPSA) is 90.1 Å². The lowest BCUT2D eigenvalue weighted by molar-refractivity contribution is -0.127. The molecule has 0 bridgehead atoms. The van der Waals surface area contributed by atoms with Crippen LogP contribution in [0.15, 0.2) is 76.2 Å². The smallest absolute Gasteiger partial charge is 0.338 e. The lowest BCUT2D eigenvalue weighted by Gasteiger charge is -2.12. The summed E-state index contributed by atoms with van der Waals surface area (Å²) in [6.07, 6.45) is 0.492. The van der Waals surface area contributed by atoms with Crippen molar-refractivity contribution in [2.45, 2.75) is 33.0 Å². The van der Waals surface area contributed by atoms with E-state index in [4.69, 9.17) is 13.9 Å². The van der Waals surface area contributed by atoms with Crippen LogP contribution in [0, 0.1) is 0 Å². The SMILES string of the molecule is CC(C)OC(=O)c1cccc(-c2ccc(/C=N\NC(=O)[C@@H](C)Oc3ccccc3)o2)c1. The monoisotopic (exact) mass is 420 g/mol. The van der Waals surface area contributed by atoms with E-state index >= 15 is 0 Å². The Kier molecular flexibility index (Phi) is 7.22. The van der Waals surface area contributed by atoms with Crippen LogP contribution < -0.4 is 10.2 Å². The van der Waals surface area contributed by atoms with Crippen LogP contribution in [0.25, 0.3) is 11.3 Å². The molecule has 0 saturated carbocycles. The van der Waals surface area contributed by atoms with Crippen molar-refractivity contribution in [2.24, 2.45) is 5.10 Å². The average molecular weight is 420 g/mol. The van der Waals surface area contributed by atoms with Crippen LogP contribution in [-0.2, 0) is 9.53 Å². The Morgan fingerprint density at radius 3 is 2.52 bits per heavy atom. The number of amides is 1. The summed E-state index contributed by atoms with van der Waals surface area (Å²) in [6, 6.07) is 19.5. The molecule has 0 radical (unpaired) electrons. The van der Waals surface area contributed by atoms with Crippen molar-refractivity contribution >= 4 is 18.1 Å². The molecule has 0 fully saturated rings. The minimum absolute atomic E-state index is 0.196. The molecule has 7 nitrogen and oxygen atoms in total. The third-order valence-electron chi connectivity index (χ3n) is 4.14. The van der Waals surface area contributed by atoms with E-state index in [0.29, 0.717) is 22.8 Å². The zero-order chi connectivity index (χ0) is 22.2. The van der Waals surface area contributed by atoms with Gasteiger partial charge in [-0.15, -0.1) is 0 Å². The molecule has 3 aromatic rings. The molecule has 0 aliphatic carbocycles. The Bertz CT molecular complexity index is 1060. The number of para-hydroxylation sites is 1. The molecule has 0 aliphatic rings. The molecule has 1 heterocycles. The van der Waals surface area contributed by atoms with Crippen LogP contribution in [-0.4, -0.2) is 30.3 Å². The molecule has 1 N–H and O–H groups in total. The fourth-order valence-corrected chi connectivity index (χ4v) is 2.67. The van der Waals surface area contributed by atoms with E-state index in [1.165, 1.54) is 6.21 Å². The van der Waals surface area contributed by atoms with E-state index in [1.807, 2.05) is 24.3 Å². The van der Waals surface area contributed by atoms with Gasteiger partial charge < -0.3 is 13.9 Å². The second kappa shape index (κ2) is 10.2. The predicted octanol–water partition coefficient (Wildman–Crippen LogP) is 4.43. The van der Waals surface area contributed by atoms with Crippen molar-refractivity contribution in [1.82, 2.24) is 5.43 Å². The molecule has 1 amide bonds. The molecule has 31 heavy (non-hydrogen) atoms. The third-order valence-corrected chi connectivity index (χ3v) is 4.14. The number of hydrogen-bond donors (Lipinski definition) is 1. The molecule has 1 aromatic heterocycles. The summed E-state index contributed by atoms with van der Waals surface area (Å²) < 4.78 is 16.5. The number of rotatable bonds is 8. The first-order valence-electron chi connectivity index (χ1n) is 9.88. The lowest BCUT2D eigenvalue weighted by atomic mass is 10.1. The van der Waals surface area contributed by atoms with Gasteiger partial charge in [0.15, 0.2) is 6.10 Å². The molecule has 0 spiro atoms. The molecule has 0 saturated heterocycles. The van der Waals surface area contributed by atoms with Gasteiger partial charge >= 0.3 is 5.97 Å². The first-order chi connectivity index (χ1) is 14.9. The van der Waals surface area contributed by atoms with Crippen LogP contribution in [0.3, 0.4) is 0 Å². The Morgan fingerprint density at radius 1 is 1.00 bits per heavy atom. The van der Waals surface area contributed by atoms with Gasteiger partial charge in [-0.1, -0.05) is 30.3 Å². The van der Waals surface area contributed by atoms with Gasteiger partial charge in [-0.25, -0.2) is 10.2 Å². The van der Waals surface area contributed by atoms with Crippen molar-refractivity contribution in [2.75, 3.05) is 0 Å². The quantitative estimate of drug-likeness (QED) is 0.331. The van der Waals surface area contributed by atoms with Crippen LogP contribution in [0.5, 0.6) is 5.75 Å². The average Bonchev–Trinajstić information content (AvgIpc) is 3.23. The molecule has 1 atom stereocenters. The first kappa shape index (κ1) is 21.8. The molecule has 7 heteroatoms. The van der Waals surface area contributed by atoms with E-state index < -0.39 is 6.10 Å². The molecular weight excluding hydrogens is 396 g/mol. The van der Waals surface area contributed by atoms with Crippen molar-refractivity contribution in [3.8, 4) is 17.1 Å². The fraction of sp³-hybridized carbons (Fsp3) is 0.208. The lowest BCUT2D eigenvalue weighted by Crippen LogP contribution is -2.33. The Labute approximate surface area is 180 Å². The van der Waals surface area contributed by atoms with Crippen molar-refractivity contribution in [3.05, 3.63) is 78.1 Å². The predicted molar refractivity (Wildman–Crippen MR) is 117 cm³/mol. The standard InChI is InChI=1S/C24H24N2O5/c1-16(2)29-24(28)19-9-7-8-18(14-19)22-13-12-21(31-22)15-25-26-23(27)17(3)30-20-10-5-4-6-11-20/h4-17H,1-3H3,(H,26,27)/b25-15-/t17-/m1/s1. The van der Waals surface area contributed by atoms with Gasteiger partial charge in [0, 0.05) is 5.56 Å². The highest BCUT2D eigenvalue weighted by molar-refractivity contribution is 5.91. The number of carbonyl (C=O) groups is 2. The molecule has 3 rings (SSSR count). The van der Waals surface area contributed by atoms with E-state index in [0.717, 1.165) is 5.56 Å². The number of nitrogens with one attached hydrogen (secondary N) is 1. The number of carbonyl (C=O) groups excluding carboxylic acids is 2. The molecule has 0 unspecified atom stereocenters. The van der Waals surface area contributed by atoms with E-state index in [9.17, 15) is 9.59 Å². The van der Waals surface area contributed by atoms with Gasteiger partial charge in [0.2, 0.25) is 0 Å². The highest BCUT2D eigenvalue weighted by Crippen LogP contribution is 2.23. The summed E-state index contributed by atoms with van der Waals surface area (Å²) in [4.78, 5) is 24.2. The molecule has 0 aliphatic heterocycles. The molecule has 160 valence electrons. The first-order valence-corrected chi connectivity index (χ1v) is 9.88. The van der Waals surface area contributed by atoms with Crippen LogP contribution in [0.2, 0.25) is 0 Å². The van der Waals surface area contributed by atoms with Crippen molar-refractivity contribution in [1.29, 1.82) is 0 Å². The van der Waals surface area contributed by atoms with Crippen molar-refractivity contribution in [3.63, 3.8) is 0 Å². The van der Waals surface area contributed by atoms with Gasteiger partial charge in [0.25, 0.3) is 5.91 Å². The second-order valence-corrected chi connectivity index (χ2v) is 7.04. The zero-order valence-corrected chi connectivity index (χ0v) is 17.6. The van der Waals surface area contributed by atoms with Crippen molar-refractivity contribution < 1.29 is 23.5 Å². The van der Waals surface area contributed by atoms with Gasteiger partial charge in [0.1, 0.15) is 17.3 Å². The highest BCUT2D eigenvalue weighted by atomic mass is 16.5. The highest BCUT2D eigenvalue weighted by Gasteiger charge is 2.14. The minimum Gasteiger partial charge on any atom is -0.481 e. The maximum absolute atomic E-state index is 12.1. The largest absolute Gasteiger partial charge is 0.481 e. The van der Waals surface area contributed by atoms with Crippen LogP contribution >= 0.6 is 0 Å². The van der Waals surface area contributed by atoms with E-state index in [-0.39, 0.29) is 18.0 Å². The number of nitrogens with zero attached hydrogens (tertiary/aromatic N) is 1. The van der Waals surface area contributed by atoms with Gasteiger partial charge in [-0.05, 0) is 57.2 Å². The zero-order valence-electron chi connectivity index (χ0n) is 17.6.